The van der Waals surface area contributed by atoms with E-state index in [0.717, 1.165) is 60.1 Å². The van der Waals surface area contributed by atoms with E-state index < -0.39 is 0 Å². The molecule has 30 heavy (non-hydrogen) atoms. The molecule has 0 radical (unpaired) electrons. The molecule has 1 aliphatic carbocycles. The summed E-state index contributed by atoms with van der Waals surface area (Å²) in [5, 5.41) is 12.4. The molecule has 2 aliphatic rings. The Kier molecular flexibility index (Phi) is 3.92. The largest absolute Gasteiger partial charge is 0.480 e. The standard InChI is InChI=1S/C21H23N7O2/c1-29-19-17-15(13-2-3-16-27-23-12-28(16)11-13)10-22-18(17)25-20(26-19)24-14-4-6-21(7-5-14)8-9-30-21/h2-3,10-12,14H,4-9H2,1H3,(H2,22,24,25,26)/t14-,21-. The van der Waals surface area contributed by atoms with Crippen molar-refractivity contribution in [3.05, 3.63) is 30.9 Å². The molecule has 0 aromatic carbocycles. The molecule has 1 saturated carbocycles. The van der Waals surface area contributed by atoms with Gasteiger partial charge in [0.1, 0.15) is 12.0 Å². The zero-order valence-electron chi connectivity index (χ0n) is 16.8. The van der Waals surface area contributed by atoms with Gasteiger partial charge in [0.15, 0.2) is 5.65 Å². The van der Waals surface area contributed by atoms with Crippen LogP contribution in [0.3, 0.4) is 0 Å². The van der Waals surface area contributed by atoms with Gasteiger partial charge in [-0.3, -0.25) is 4.40 Å². The minimum absolute atomic E-state index is 0.154. The summed E-state index contributed by atoms with van der Waals surface area (Å²) < 4.78 is 13.4. The summed E-state index contributed by atoms with van der Waals surface area (Å²) in [5.41, 5.74) is 3.69. The summed E-state index contributed by atoms with van der Waals surface area (Å²) in [6.45, 7) is 0.911. The Balaban J connectivity index is 1.31. The van der Waals surface area contributed by atoms with Crippen LogP contribution < -0.4 is 10.1 Å². The highest BCUT2D eigenvalue weighted by atomic mass is 16.5. The van der Waals surface area contributed by atoms with Crippen molar-refractivity contribution >= 4 is 22.6 Å². The second kappa shape index (κ2) is 6.66. The van der Waals surface area contributed by atoms with Gasteiger partial charge in [0.05, 0.1) is 24.7 Å². The van der Waals surface area contributed by atoms with Crippen molar-refractivity contribution in [2.24, 2.45) is 0 Å². The van der Waals surface area contributed by atoms with Crippen molar-refractivity contribution < 1.29 is 9.47 Å². The summed E-state index contributed by atoms with van der Waals surface area (Å²) in [5.74, 6) is 1.15. The lowest BCUT2D eigenvalue weighted by Crippen LogP contribution is -2.48. The molecule has 5 heterocycles. The number of hydrogen-bond acceptors (Lipinski definition) is 7. The summed E-state index contributed by atoms with van der Waals surface area (Å²) in [7, 11) is 1.64. The zero-order valence-corrected chi connectivity index (χ0v) is 16.8. The maximum atomic E-state index is 5.82. The lowest BCUT2D eigenvalue weighted by atomic mass is 9.77. The molecule has 4 aromatic heterocycles. The first-order valence-electron chi connectivity index (χ1n) is 10.4. The van der Waals surface area contributed by atoms with Crippen molar-refractivity contribution in [3.8, 4) is 17.0 Å². The first-order valence-corrected chi connectivity index (χ1v) is 10.4. The number of anilines is 1. The van der Waals surface area contributed by atoms with Gasteiger partial charge in [0.2, 0.25) is 11.8 Å². The Morgan fingerprint density at radius 1 is 1.23 bits per heavy atom. The number of methoxy groups -OCH3 is 1. The number of rotatable bonds is 4. The van der Waals surface area contributed by atoms with Gasteiger partial charge in [0.25, 0.3) is 0 Å². The van der Waals surface area contributed by atoms with Gasteiger partial charge < -0.3 is 19.8 Å². The molecular weight excluding hydrogens is 382 g/mol. The van der Waals surface area contributed by atoms with Gasteiger partial charge in [-0.1, -0.05) is 0 Å². The molecule has 0 amide bonds. The number of H-pyrrole nitrogens is 1. The molecule has 2 fully saturated rings. The predicted molar refractivity (Wildman–Crippen MR) is 112 cm³/mol. The molecular formula is C21H23N7O2. The van der Waals surface area contributed by atoms with Gasteiger partial charge >= 0.3 is 0 Å². The molecule has 0 atom stereocenters. The fourth-order valence-electron chi connectivity index (χ4n) is 4.68. The number of hydrogen-bond donors (Lipinski definition) is 2. The van der Waals surface area contributed by atoms with Crippen LogP contribution in [0, 0.1) is 0 Å². The molecule has 1 spiro atoms. The summed E-state index contributed by atoms with van der Waals surface area (Å²) in [6, 6.07) is 4.30. The van der Waals surface area contributed by atoms with E-state index in [1.807, 2.05) is 28.9 Å². The third-order valence-electron chi connectivity index (χ3n) is 6.49. The number of ether oxygens (including phenoxy) is 2. The maximum Gasteiger partial charge on any atom is 0.228 e. The Hall–Kier alpha value is -3.20. The smallest absolute Gasteiger partial charge is 0.228 e. The molecule has 4 aromatic rings. The van der Waals surface area contributed by atoms with Crippen LogP contribution in [0.4, 0.5) is 5.95 Å². The van der Waals surface area contributed by atoms with Gasteiger partial charge in [-0.25, -0.2) is 0 Å². The SMILES string of the molecule is COc1nc(N[C@H]2CC[C@@]3(CCO3)CC2)nc2[nH]cc(-c3ccc4nncn4c3)c12. The monoisotopic (exact) mass is 405 g/mol. The Morgan fingerprint density at radius 2 is 2.10 bits per heavy atom. The van der Waals surface area contributed by atoms with E-state index in [1.165, 1.54) is 6.42 Å². The van der Waals surface area contributed by atoms with Gasteiger partial charge in [-0.2, -0.15) is 9.97 Å². The zero-order chi connectivity index (χ0) is 20.1. The molecule has 0 unspecified atom stereocenters. The van der Waals surface area contributed by atoms with Gasteiger partial charge in [-0.15, -0.1) is 10.2 Å². The van der Waals surface area contributed by atoms with Crippen molar-refractivity contribution in [2.75, 3.05) is 19.0 Å². The molecule has 1 aliphatic heterocycles. The highest BCUT2D eigenvalue weighted by Crippen LogP contribution is 2.41. The predicted octanol–water partition coefficient (Wildman–Crippen LogP) is 3.19. The number of aromatic nitrogens is 6. The van der Waals surface area contributed by atoms with Crippen LogP contribution in [-0.2, 0) is 4.74 Å². The van der Waals surface area contributed by atoms with Crippen LogP contribution in [0.1, 0.15) is 32.1 Å². The van der Waals surface area contributed by atoms with Gasteiger partial charge in [-0.05, 0) is 44.2 Å². The fourth-order valence-corrected chi connectivity index (χ4v) is 4.68. The Bertz CT molecular complexity index is 1220. The minimum Gasteiger partial charge on any atom is -0.480 e. The van der Waals surface area contributed by atoms with Gasteiger partial charge in [0, 0.05) is 29.6 Å². The van der Waals surface area contributed by atoms with E-state index >= 15 is 0 Å². The first kappa shape index (κ1) is 17.6. The van der Waals surface area contributed by atoms with E-state index in [0.29, 0.717) is 17.9 Å². The summed E-state index contributed by atoms with van der Waals surface area (Å²) in [6.07, 6.45) is 11.1. The number of nitrogens with one attached hydrogen (secondary N) is 2. The average Bonchev–Trinajstić information content (AvgIpc) is 3.39. The highest BCUT2D eigenvalue weighted by Gasteiger charge is 2.41. The summed E-state index contributed by atoms with van der Waals surface area (Å²) in [4.78, 5) is 12.7. The van der Waals surface area contributed by atoms with Crippen LogP contribution >= 0.6 is 0 Å². The maximum absolute atomic E-state index is 5.82. The van der Waals surface area contributed by atoms with Crippen LogP contribution in [0.2, 0.25) is 0 Å². The lowest BCUT2D eigenvalue weighted by Gasteiger charge is -2.46. The minimum atomic E-state index is 0.154. The Morgan fingerprint density at radius 3 is 2.87 bits per heavy atom. The van der Waals surface area contributed by atoms with E-state index in [9.17, 15) is 0 Å². The summed E-state index contributed by atoms with van der Waals surface area (Å²) >= 11 is 0. The van der Waals surface area contributed by atoms with Crippen molar-refractivity contribution in [1.29, 1.82) is 0 Å². The molecule has 2 N–H and O–H groups in total. The average molecular weight is 405 g/mol. The first-order chi connectivity index (χ1) is 14.7. The normalized spacial score (nSPS) is 23.7. The second-order valence-corrected chi connectivity index (χ2v) is 8.20. The lowest BCUT2D eigenvalue weighted by molar-refractivity contribution is -0.165. The van der Waals surface area contributed by atoms with Crippen LogP contribution in [0.15, 0.2) is 30.9 Å². The fraction of sp³-hybridized carbons (Fsp3) is 0.429. The third kappa shape index (κ3) is 2.80. The highest BCUT2D eigenvalue weighted by molar-refractivity contribution is 5.97. The number of pyridine rings is 1. The molecule has 154 valence electrons. The quantitative estimate of drug-likeness (QED) is 0.537. The van der Waals surface area contributed by atoms with Crippen molar-refractivity contribution in [1.82, 2.24) is 29.5 Å². The van der Waals surface area contributed by atoms with Crippen LogP contribution in [0.25, 0.3) is 27.8 Å². The van der Waals surface area contributed by atoms with E-state index in [-0.39, 0.29) is 5.60 Å². The van der Waals surface area contributed by atoms with Crippen molar-refractivity contribution in [2.45, 2.75) is 43.7 Å². The van der Waals surface area contributed by atoms with Crippen LogP contribution in [-0.4, -0.2) is 54.9 Å². The number of nitrogens with zero attached hydrogens (tertiary/aromatic N) is 5. The molecule has 0 bridgehead atoms. The Labute approximate surface area is 172 Å². The topological polar surface area (TPSA) is 102 Å². The third-order valence-corrected chi connectivity index (χ3v) is 6.49. The van der Waals surface area contributed by atoms with E-state index in [2.05, 4.69) is 25.5 Å². The molecule has 9 heteroatoms. The van der Waals surface area contributed by atoms with Crippen molar-refractivity contribution in [3.63, 3.8) is 0 Å². The molecule has 1 saturated heterocycles. The van der Waals surface area contributed by atoms with E-state index in [1.54, 1.807) is 13.4 Å². The van der Waals surface area contributed by atoms with Crippen LogP contribution in [0.5, 0.6) is 5.88 Å². The second-order valence-electron chi connectivity index (χ2n) is 8.20. The molecule has 9 nitrogen and oxygen atoms in total. The number of aromatic amines is 1. The number of fused-ring (bicyclic) bond motifs is 2. The van der Waals surface area contributed by atoms with E-state index in [4.69, 9.17) is 14.5 Å². The molecule has 6 rings (SSSR count).